The van der Waals surface area contributed by atoms with Crippen LogP contribution in [0.2, 0.25) is 5.02 Å². The van der Waals surface area contributed by atoms with E-state index >= 15 is 0 Å². The monoisotopic (exact) mass is 310 g/mol. The van der Waals surface area contributed by atoms with Crippen LogP contribution in [0.1, 0.15) is 17.0 Å². The van der Waals surface area contributed by atoms with Gasteiger partial charge in [0.25, 0.3) is 0 Å². The van der Waals surface area contributed by atoms with Crippen molar-refractivity contribution in [2.45, 2.75) is 20.1 Å². The third-order valence-electron chi connectivity index (χ3n) is 2.86. The van der Waals surface area contributed by atoms with Crippen LogP contribution in [0.4, 0.5) is 0 Å². The molecule has 0 aliphatic heterocycles. The van der Waals surface area contributed by atoms with E-state index in [1.807, 2.05) is 31.2 Å². The minimum atomic E-state index is 0.312. The molecule has 0 saturated carbocycles. The molecule has 0 radical (unpaired) electrons. The van der Waals surface area contributed by atoms with E-state index in [0.717, 1.165) is 24.3 Å². The van der Waals surface area contributed by atoms with Crippen LogP contribution in [-0.4, -0.2) is 25.4 Å². The van der Waals surface area contributed by atoms with E-state index < -0.39 is 0 Å². The van der Waals surface area contributed by atoms with Crippen LogP contribution in [0, 0.1) is 6.92 Å². The van der Waals surface area contributed by atoms with E-state index in [1.165, 1.54) is 0 Å². The first-order chi connectivity index (χ1) is 10.2. The highest BCUT2D eigenvalue weighted by atomic mass is 35.5. The van der Waals surface area contributed by atoms with Crippen LogP contribution in [0.25, 0.3) is 0 Å². The Morgan fingerprint density at radius 1 is 1.33 bits per heavy atom. The molecule has 1 aromatic carbocycles. The number of hydrogen-bond acceptors (Lipinski definition) is 5. The molecule has 0 atom stereocenters. The lowest BCUT2D eigenvalue weighted by Crippen LogP contribution is -2.18. The Balaban J connectivity index is 1.86. The fourth-order valence-corrected chi connectivity index (χ4v) is 2.07. The lowest BCUT2D eigenvalue weighted by molar-refractivity contribution is 0.199. The Morgan fingerprint density at radius 3 is 2.86 bits per heavy atom. The normalized spacial score (nSPS) is 10.8. The van der Waals surface area contributed by atoms with Crippen molar-refractivity contribution in [1.82, 2.24) is 10.5 Å². The number of rotatable bonds is 8. The van der Waals surface area contributed by atoms with Crippen molar-refractivity contribution >= 4 is 11.6 Å². The Labute approximate surface area is 129 Å². The average Bonchev–Trinajstić information content (AvgIpc) is 2.88. The molecule has 0 bridgehead atoms. The summed E-state index contributed by atoms with van der Waals surface area (Å²) < 4.78 is 15.7. The molecule has 0 aliphatic carbocycles. The topological polar surface area (TPSA) is 56.5 Å². The summed E-state index contributed by atoms with van der Waals surface area (Å²) in [4.78, 5) is 0. The molecule has 2 rings (SSSR count). The highest BCUT2D eigenvalue weighted by molar-refractivity contribution is 6.32. The SMILES string of the molecule is COCCNCc1ccc(OCc2cc(C)no2)c(Cl)c1. The largest absolute Gasteiger partial charge is 0.484 e. The Morgan fingerprint density at radius 2 is 2.19 bits per heavy atom. The minimum Gasteiger partial charge on any atom is -0.484 e. The number of nitrogens with one attached hydrogen (secondary N) is 1. The molecule has 2 aromatic rings. The van der Waals surface area contributed by atoms with E-state index in [0.29, 0.717) is 29.7 Å². The second-order valence-corrected chi connectivity index (χ2v) is 5.06. The standard InChI is InChI=1S/C15H19ClN2O3/c1-11-7-13(21-18-11)10-20-15-4-3-12(8-14(15)16)9-17-5-6-19-2/h3-4,7-8,17H,5-6,9-10H2,1-2H3. The lowest BCUT2D eigenvalue weighted by Gasteiger charge is -2.09. The molecule has 5 nitrogen and oxygen atoms in total. The maximum absolute atomic E-state index is 6.22. The van der Waals surface area contributed by atoms with Crippen molar-refractivity contribution in [2.75, 3.05) is 20.3 Å². The molecule has 6 heteroatoms. The van der Waals surface area contributed by atoms with Gasteiger partial charge in [0.15, 0.2) is 5.76 Å². The zero-order chi connectivity index (χ0) is 15.1. The van der Waals surface area contributed by atoms with E-state index in [4.69, 9.17) is 25.6 Å². The van der Waals surface area contributed by atoms with Crippen LogP contribution in [-0.2, 0) is 17.9 Å². The van der Waals surface area contributed by atoms with Gasteiger partial charge in [-0.25, -0.2) is 0 Å². The predicted octanol–water partition coefficient (Wildman–Crippen LogP) is 2.95. The molecular weight excluding hydrogens is 292 g/mol. The van der Waals surface area contributed by atoms with Gasteiger partial charge in [-0.05, 0) is 24.6 Å². The van der Waals surface area contributed by atoms with Crippen molar-refractivity contribution < 1.29 is 14.0 Å². The number of aromatic nitrogens is 1. The summed E-state index contributed by atoms with van der Waals surface area (Å²) in [5.41, 5.74) is 1.93. The van der Waals surface area contributed by atoms with Crippen LogP contribution >= 0.6 is 11.6 Å². The summed E-state index contributed by atoms with van der Waals surface area (Å²) in [6.45, 7) is 4.41. The highest BCUT2D eigenvalue weighted by Crippen LogP contribution is 2.26. The van der Waals surface area contributed by atoms with Crippen molar-refractivity contribution in [1.29, 1.82) is 0 Å². The molecule has 0 fully saturated rings. The summed E-state index contributed by atoms with van der Waals surface area (Å²) in [5, 5.41) is 7.65. The first kappa shape index (κ1) is 15.8. The Hall–Kier alpha value is -1.56. The van der Waals surface area contributed by atoms with Gasteiger partial charge in [-0.15, -0.1) is 0 Å². The third kappa shape index (κ3) is 5.04. The maximum atomic E-state index is 6.22. The number of benzene rings is 1. The molecule has 21 heavy (non-hydrogen) atoms. The Kier molecular flexibility index (Phi) is 6.04. The van der Waals surface area contributed by atoms with Crippen molar-refractivity contribution in [3.63, 3.8) is 0 Å². The summed E-state index contributed by atoms with van der Waals surface area (Å²) in [7, 11) is 1.68. The van der Waals surface area contributed by atoms with E-state index in [2.05, 4.69) is 10.5 Å². The van der Waals surface area contributed by atoms with Gasteiger partial charge in [-0.2, -0.15) is 0 Å². The van der Waals surface area contributed by atoms with Crippen molar-refractivity contribution in [3.8, 4) is 5.75 Å². The fourth-order valence-electron chi connectivity index (χ4n) is 1.81. The number of aryl methyl sites for hydroxylation is 1. The van der Waals surface area contributed by atoms with Gasteiger partial charge >= 0.3 is 0 Å². The number of methoxy groups -OCH3 is 1. The average molecular weight is 311 g/mol. The Bertz CT molecular complexity index is 572. The summed E-state index contributed by atoms with van der Waals surface area (Å²) in [6, 6.07) is 7.57. The molecule has 1 aromatic heterocycles. The molecule has 114 valence electrons. The first-order valence-electron chi connectivity index (χ1n) is 6.72. The predicted molar refractivity (Wildman–Crippen MR) is 80.6 cm³/mol. The van der Waals surface area contributed by atoms with Gasteiger partial charge in [0.2, 0.25) is 0 Å². The fraction of sp³-hybridized carbons (Fsp3) is 0.400. The van der Waals surface area contributed by atoms with Gasteiger partial charge in [0.05, 0.1) is 17.3 Å². The first-order valence-corrected chi connectivity index (χ1v) is 7.10. The molecule has 1 heterocycles. The highest BCUT2D eigenvalue weighted by Gasteiger charge is 2.06. The molecule has 0 unspecified atom stereocenters. The molecule has 0 spiro atoms. The van der Waals surface area contributed by atoms with Gasteiger partial charge in [-0.1, -0.05) is 22.8 Å². The smallest absolute Gasteiger partial charge is 0.174 e. The van der Waals surface area contributed by atoms with E-state index in [-0.39, 0.29) is 0 Å². The van der Waals surface area contributed by atoms with Gasteiger partial charge in [-0.3, -0.25) is 0 Å². The van der Waals surface area contributed by atoms with Crippen LogP contribution in [0.5, 0.6) is 5.75 Å². The molecule has 0 saturated heterocycles. The van der Waals surface area contributed by atoms with E-state index in [1.54, 1.807) is 7.11 Å². The quantitative estimate of drug-likeness (QED) is 0.760. The van der Waals surface area contributed by atoms with Crippen LogP contribution < -0.4 is 10.1 Å². The second kappa shape index (κ2) is 8.02. The summed E-state index contributed by atoms with van der Waals surface area (Å²) in [6.07, 6.45) is 0. The van der Waals surface area contributed by atoms with Gasteiger partial charge < -0.3 is 19.3 Å². The van der Waals surface area contributed by atoms with Crippen molar-refractivity contribution in [2.24, 2.45) is 0 Å². The third-order valence-corrected chi connectivity index (χ3v) is 3.15. The maximum Gasteiger partial charge on any atom is 0.174 e. The molecule has 1 N–H and O–H groups in total. The van der Waals surface area contributed by atoms with E-state index in [9.17, 15) is 0 Å². The number of ether oxygens (including phenoxy) is 2. The van der Waals surface area contributed by atoms with Gasteiger partial charge in [0, 0.05) is 26.3 Å². The zero-order valence-corrected chi connectivity index (χ0v) is 12.9. The lowest BCUT2D eigenvalue weighted by atomic mass is 10.2. The number of nitrogens with zero attached hydrogens (tertiary/aromatic N) is 1. The zero-order valence-electron chi connectivity index (χ0n) is 12.2. The number of halogens is 1. The minimum absolute atomic E-state index is 0.312. The van der Waals surface area contributed by atoms with Crippen LogP contribution in [0.3, 0.4) is 0 Å². The second-order valence-electron chi connectivity index (χ2n) is 4.66. The van der Waals surface area contributed by atoms with Crippen molar-refractivity contribution in [3.05, 3.63) is 46.3 Å². The number of hydrogen-bond donors (Lipinski definition) is 1. The molecular formula is C15H19ClN2O3. The molecule has 0 amide bonds. The van der Waals surface area contributed by atoms with Gasteiger partial charge in [0.1, 0.15) is 12.4 Å². The molecule has 0 aliphatic rings. The van der Waals surface area contributed by atoms with Crippen LogP contribution in [0.15, 0.2) is 28.8 Å². The summed E-state index contributed by atoms with van der Waals surface area (Å²) >= 11 is 6.22. The summed E-state index contributed by atoms with van der Waals surface area (Å²) in [5.74, 6) is 1.31.